The van der Waals surface area contributed by atoms with Gasteiger partial charge in [0.25, 0.3) is 34.7 Å². The minimum atomic E-state index is -3.37. The molecule has 0 spiro atoms. The summed E-state index contributed by atoms with van der Waals surface area (Å²) in [5.74, 6) is -21.5. The van der Waals surface area contributed by atoms with Gasteiger partial charge in [0, 0.05) is 44.5 Å². The third-order valence-electron chi connectivity index (χ3n) is 8.81. The molecule has 4 heterocycles. The first kappa shape index (κ1) is 26.5. The van der Waals surface area contributed by atoms with Crippen LogP contribution in [0.1, 0.15) is 54.1 Å². The molecular formula is C32H22O11. The largest absolute Gasteiger partial charge is 0.357 e. The Morgan fingerprint density at radius 1 is 0.372 bits per heavy atom. The normalized spacial score (nSPS) is 37.0. The van der Waals surface area contributed by atoms with Gasteiger partial charge in [0.05, 0.1) is 0 Å². The first-order valence-corrected chi connectivity index (χ1v) is 13.3. The van der Waals surface area contributed by atoms with Crippen molar-refractivity contribution >= 4 is 11.6 Å². The van der Waals surface area contributed by atoms with Gasteiger partial charge in [-0.05, 0) is 0 Å². The van der Waals surface area contributed by atoms with Crippen LogP contribution in [0.4, 0.5) is 0 Å². The number of carbonyl (C=O) groups excluding carboxylic acids is 2. The molecule has 6 N–H and O–H groups in total. The minimum absolute atomic E-state index is 0.258. The van der Waals surface area contributed by atoms with E-state index < -0.39 is 68.5 Å². The number of ketones is 2. The SMILES string of the molecule is O=C1c2ccccc2C2(O)OC1(O)c1ccccc1C1(O)OC2(O)c2ccccc2C2(O)OC1(O)c1ccccc1C2=O. The van der Waals surface area contributed by atoms with Gasteiger partial charge >= 0.3 is 0 Å². The molecule has 43 heavy (non-hydrogen) atoms. The van der Waals surface area contributed by atoms with Crippen molar-refractivity contribution in [2.45, 2.75) is 34.7 Å². The summed E-state index contributed by atoms with van der Waals surface area (Å²) in [6.07, 6.45) is 0. The molecule has 0 aromatic heterocycles. The van der Waals surface area contributed by atoms with Crippen LogP contribution in [-0.2, 0) is 48.9 Å². The fraction of sp³-hybridized carbons (Fsp3) is 0.188. The summed E-state index contributed by atoms with van der Waals surface area (Å²) in [6.45, 7) is 0. The molecule has 4 aliphatic rings. The molecule has 4 aromatic carbocycles. The van der Waals surface area contributed by atoms with Crippen LogP contribution < -0.4 is 0 Å². The maximum absolute atomic E-state index is 14.0. The second-order valence-electron chi connectivity index (χ2n) is 11.0. The van der Waals surface area contributed by atoms with Crippen molar-refractivity contribution in [3.63, 3.8) is 0 Å². The summed E-state index contributed by atoms with van der Waals surface area (Å²) in [7, 11) is 0. The zero-order chi connectivity index (χ0) is 30.2. The van der Waals surface area contributed by atoms with Crippen molar-refractivity contribution < 1.29 is 54.4 Å². The number of aliphatic hydroxyl groups is 6. The van der Waals surface area contributed by atoms with Crippen LogP contribution >= 0.6 is 0 Å². The van der Waals surface area contributed by atoms with Gasteiger partial charge in [-0.15, -0.1) is 0 Å². The number of carbonyl (C=O) groups is 2. The first-order valence-electron chi connectivity index (χ1n) is 13.3. The van der Waals surface area contributed by atoms with Gasteiger partial charge in [-0.2, -0.15) is 0 Å². The summed E-state index contributed by atoms with van der Waals surface area (Å²) >= 11 is 0. The Labute approximate surface area is 242 Å². The molecule has 216 valence electrons. The molecular weight excluding hydrogens is 560 g/mol. The predicted molar refractivity (Wildman–Crippen MR) is 141 cm³/mol. The highest BCUT2D eigenvalue weighted by molar-refractivity contribution is 6.05. The van der Waals surface area contributed by atoms with Crippen LogP contribution in [0.3, 0.4) is 0 Å². The maximum Gasteiger partial charge on any atom is 0.262 e. The molecule has 0 radical (unpaired) electrons. The van der Waals surface area contributed by atoms with E-state index in [9.17, 15) is 40.2 Å². The highest BCUT2D eigenvalue weighted by atomic mass is 16.8. The van der Waals surface area contributed by atoms with Crippen LogP contribution in [0.2, 0.25) is 0 Å². The van der Waals surface area contributed by atoms with Crippen LogP contribution in [0.5, 0.6) is 0 Å². The third kappa shape index (κ3) is 2.80. The summed E-state index contributed by atoms with van der Waals surface area (Å²) in [4.78, 5) is 27.9. The average molecular weight is 583 g/mol. The lowest BCUT2D eigenvalue weighted by molar-refractivity contribution is -0.541. The summed E-state index contributed by atoms with van der Waals surface area (Å²) < 4.78 is 17.8. The lowest BCUT2D eigenvalue weighted by atomic mass is 9.72. The Kier molecular flexibility index (Phi) is 4.85. The second kappa shape index (κ2) is 7.87. The third-order valence-corrected chi connectivity index (χ3v) is 8.81. The van der Waals surface area contributed by atoms with E-state index in [1.807, 2.05) is 0 Å². The Balaban J connectivity index is 1.62. The molecule has 0 amide bonds. The molecule has 0 saturated heterocycles. The van der Waals surface area contributed by atoms with Crippen molar-refractivity contribution in [3.8, 4) is 0 Å². The maximum atomic E-state index is 14.0. The lowest BCUT2D eigenvalue weighted by Crippen LogP contribution is -2.71. The van der Waals surface area contributed by atoms with E-state index in [0.29, 0.717) is 0 Å². The number of benzene rings is 4. The Hall–Kier alpha value is -4.14. The van der Waals surface area contributed by atoms with E-state index in [1.54, 1.807) is 0 Å². The van der Waals surface area contributed by atoms with E-state index >= 15 is 0 Å². The Morgan fingerprint density at radius 3 is 1.02 bits per heavy atom. The van der Waals surface area contributed by atoms with Crippen molar-refractivity contribution in [1.82, 2.24) is 0 Å². The van der Waals surface area contributed by atoms with Crippen LogP contribution in [0.25, 0.3) is 0 Å². The summed E-state index contributed by atoms with van der Waals surface area (Å²) in [5.41, 5.74) is -3.32. The average Bonchev–Trinajstić information content (AvgIpc) is 3.01. The smallest absolute Gasteiger partial charge is 0.262 e. The van der Waals surface area contributed by atoms with E-state index in [2.05, 4.69) is 0 Å². The van der Waals surface area contributed by atoms with Crippen LogP contribution in [0, 0.1) is 0 Å². The molecule has 6 unspecified atom stereocenters. The molecule has 6 bridgehead atoms. The highest BCUT2D eigenvalue weighted by Crippen LogP contribution is 2.63. The summed E-state index contributed by atoms with van der Waals surface area (Å²) in [5, 5.41) is 74.6. The first-order chi connectivity index (χ1) is 20.4. The summed E-state index contributed by atoms with van der Waals surface area (Å²) in [6, 6.07) is 21.1. The monoisotopic (exact) mass is 582 g/mol. The van der Waals surface area contributed by atoms with Crippen molar-refractivity contribution in [3.05, 3.63) is 142 Å². The minimum Gasteiger partial charge on any atom is -0.357 e. The van der Waals surface area contributed by atoms with Gasteiger partial charge in [-0.3, -0.25) is 23.8 Å². The fourth-order valence-corrected chi connectivity index (χ4v) is 6.78. The molecule has 11 nitrogen and oxygen atoms in total. The number of hydrogen-bond donors (Lipinski definition) is 6. The number of hydrogen-bond acceptors (Lipinski definition) is 11. The zero-order valence-electron chi connectivity index (χ0n) is 22.0. The molecule has 6 atom stereocenters. The fourth-order valence-electron chi connectivity index (χ4n) is 6.78. The number of fused-ring (bicyclic) bond motifs is 18. The molecule has 4 aromatic rings. The molecule has 4 aliphatic heterocycles. The standard InChI is InChI=1S/C32H22O11/c33-25-17-9-1-3-11-19(17)29(37)31(39)24-16-8-6-14-22(24)28(36)26(34)18-10-2-4-12-20(18)30(38,42-28)32(40,43-31)23-15-7-5-13-21(23)27(25,35)41-29/h1-16,35-40H. The van der Waals surface area contributed by atoms with Crippen molar-refractivity contribution in [2.24, 2.45) is 0 Å². The van der Waals surface area contributed by atoms with Gasteiger partial charge in [-0.1, -0.05) is 97.1 Å². The Morgan fingerprint density at radius 2 is 0.651 bits per heavy atom. The second-order valence-corrected chi connectivity index (χ2v) is 11.0. The molecule has 0 aliphatic carbocycles. The molecule has 0 saturated carbocycles. The topological polar surface area (TPSA) is 183 Å². The van der Waals surface area contributed by atoms with Crippen LogP contribution in [-0.4, -0.2) is 42.2 Å². The lowest BCUT2D eigenvalue weighted by Gasteiger charge is -2.59. The van der Waals surface area contributed by atoms with E-state index in [-0.39, 0.29) is 22.3 Å². The van der Waals surface area contributed by atoms with Gasteiger partial charge in [-0.25, -0.2) is 0 Å². The number of Topliss-reactive ketones (excluding diaryl/α,β-unsaturated/α-hetero) is 2. The van der Waals surface area contributed by atoms with E-state index in [1.165, 1.54) is 97.1 Å². The Bertz CT molecular complexity index is 1790. The van der Waals surface area contributed by atoms with Crippen LogP contribution in [0.15, 0.2) is 97.1 Å². The predicted octanol–water partition coefficient (Wildman–Crippen LogP) is 1.13. The highest BCUT2D eigenvalue weighted by Gasteiger charge is 2.76. The number of rotatable bonds is 0. The molecule has 0 fully saturated rings. The quantitative estimate of drug-likeness (QED) is 0.163. The zero-order valence-corrected chi connectivity index (χ0v) is 22.0. The van der Waals surface area contributed by atoms with Gasteiger partial charge < -0.3 is 30.6 Å². The van der Waals surface area contributed by atoms with Crippen molar-refractivity contribution in [1.29, 1.82) is 0 Å². The number of ether oxygens (including phenoxy) is 3. The van der Waals surface area contributed by atoms with Gasteiger partial charge in [0.15, 0.2) is 0 Å². The van der Waals surface area contributed by atoms with E-state index in [0.717, 1.165) is 0 Å². The molecule has 8 rings (SSSR count). The van der Waals surface area contributed by atoms with Crippen molar-refractivity contribution in [2.75, 3.05) is 0 Å². The van der Waals surface area contributed by atoms with Gasteiger partial charge in [0.2, 0.25) is 11.6 Å². The molecule has 11 heteroatoms. The van der Waals surface area contributed by atoms with E-state index in [4.69, 9.17) is 14.2 Å². The van der Waals surface area contributed by atoms with Gasteiger partial charge in [0.1, 0.15) is 0 Å².